The Kier molecular flexibility index (Phi) is 5.10. The minimum atomic E-state index is -0.141. The van der Waals surface area contributed by atoms with E-state index in [4.69, 9.17) is 9.40 Å². The standard InChI is InChI=1S/C24H22N6O2/c1-3-6-20-25-21-15(2)14-32-22(21)24(31)30(20)13-16-9-11-17(12-10-16)18-7-4-5-8-19(18)23-26-28-29-27-23/h4-5,7-12,14H,3,6,13H2,1-2H3,(H,26,27,28,29). The number of aryl methyl sites for hydroxylation is 2. The number of rotatable bonds is 6. The molecule has 0 saturated carbocycles. The number of nitrogens with one attached hydrogen (secondary N) is 1. The number of hydrogen-bond acceptors (Lipinski definition) is 6. The molecule has 0 aliphatic carbocycles. The highest BCUT2D eigenvalue weighted by Crippen LogP contribution is 2.29. The van der Waals surface area contributed by atoms with Gasteiger partial charge in [-0.05, 0) is 35.2 Å². The first-order valence-electron chi connectivity index (χ1n) is 10.6. The van der Waals surface area contributed by atoms with Crippen molar-refractivity contribution in [2.45, 2.75) is 33.2 Å². The van der Waals surface area contributed by atoms with Crippen molar-refractivity contribution in [3.8, 4) is 22.5 Å². The van der Waals surface area contributed by atoms with Gasteiger partial charge in [0.05, 0.1) is 12.8 Å². The third-order valence-electron chi connectivity index (χ3n) is 5.53. The van der Waals surface area contributed by atoms with Crippen LogP contribution >= 0.6 is 0 Å². The third-order valence-corrected chi connectivity index (χ3v) is 5.53. The Balaban J connectivity index is 1.50. The molecule has 0 fully saturated rings. The maximum atomic E-state index is 13.1. The van der Waals surface area contributed by atoms with E-state index in [1.807, 2.05) is 55.5 Å². The minimum Gasteiger partial charge on any atom is -0.456 e. The zero-order chi connectivity index (χ0) is 22.1. The second kappa shape index (κ2) is 8.22. The fourth-order valence-corrected chi connectivity index (χ4v) is 3.91. The molecule has 32 heavy (non-hydrogen) atoms. The predicted molar refractivity (Wildman–Crippen MR) is 121 cm³/mol. The number of benzene rings is 2. The van der Waals surface area contributed by atoms with Crippen molar-refractivity contribution in [1.82, 2.24) is 30.2 Å². The lowest BCUT2D eigenvalue weighted by molar-refractivity contribution is 0.588. The molecule has 0 aliphatic rings. The summed E-state index contributed by atoms with van der Waals surface area (Å²) in [5.74, 6) is 1.33. The Hall–Kier alpha value is -4.07. The number of aromatic nitrogens is 6. The van der Waals surface area contributed by atoms with Crippen LogP contribution in [0.3, 0.4) is 0 Å². The predicted octanol–water partition coefficient (Wildman–Crippen LogP) is 4.15. The van der Waals surface area contributed by atoms with E-state index < -0.39 is 0 Å². The molecule has 0 unspecified atom stereocenters. The fraction of sp³-hybridized carbons (Fsp3) is 0.208. The summed E-state index contributed by atoms with van der Waals surface area (Å²) >= 11 is 0. The molecular formula is C24H22N6O2. The molecule has 160 valence electrons. The smallest absolute Gasteiger partial charge is 0.297 e. The van der Waals surface area contributed by atoms with Gasteiger partial charge in [0.15, 0.2) is 0 Å². The number of hydrogen-bond donors (Lipinski definition) is 1. The van der Waals surface area contributed by atoms with Crippen LogP contribution in [-0.2, 0) is 13.0 Å². The molecule has 8 heteroatoms. The molecule has 3 aromatic heterocycles. The summed E-state index contributed by atoms with van der Waals surface area (Å²) in [6, 6.07) is 16.1. The molecule has 3 heterocycles. The zero-order valence-corrected chi connectivity index (χ0v) is 17.9. The van der Waals surface area contributed by atoms with Crippen LogP contribution in [0.4, 0.5) is 0 Å². The van der Waals surface area contributed by atoms with Crippen molar-refractivity contribution < 1.29 is 4.42 Å². The van der Waals surface area contributed by atoms with Gasteiger partial charge in [0, 0.05) is 17.5 Å². The summed E-state index contributed by atoms with van der Waals surface area (Å²) in [7, 11) is 0. The first kappa shape index (κ1) is 19.9. The Bertz CT molecular complexity index is 1430. The van der Waals surface area contributed by atoms with Crippen molar-refractivity contribution in [3.63, 3.8) is 0 Å². The van der Waals surface area contributed by atoms with Crippen LogP contribution in [0.25, 0.3) is 33.6 Å². The van der Waals surface area contributed by atoms with Gasteiger partial charge in [-0.3, -0.25) is 9.36 Å². The average molecular weight is 426 g/mol. The Morgan fingerprint density at radius 1 is 1.06 bits per heavy atom. The van der Waals surface area contributed by atoms with Gasteiger partial charge in [0.25, 0.3) is 5.56 Å². The van der Waals surface area contributed by atoms with Crippen LogP contribution in [0.2, 0.25) is 0 Å². The van der Waals surface area contributed by atoms with Crippen molar-refractivity contribution in [1.29, 1.82) is 0 Å². The summed E-state index contributed by atoms with van der Waals surface area (Å²) in [5, 5.41) is 14.4. The second-order valence-corrected chi connectivity index (χ2v) is 7.74. The first-order chi connectivity index (χ1) is 15.7. The van der Waals surface area contributed by atoms with E-state index in [-0.39, 0.29) is 5.56 Å². The van der Waals surface area contributed by atoms with Crippen molar-refractivity contribution in [3.05, 3.63) is 82.1 Å². The lowest BCUT2D eigenvalue weighted by Crippen LogP contribution is -2.25. The molecule has 2 aromatic carbocycles. The van der Waals surface area contributed by atoms with Crippen LogP contribution in [0.15, 0.2) is 64.0 Å². The molecule has 1 N–H and O–H groups in total. The highest BCUT2D eigenvalue weighted by atomic mass is 16.3. The molecule has 0 aliphatic heterocycles. The number of nitrogens with zero attached hydrogens (tertiary/aromatic N) is 5. The molecule has 8 nitrogen and oxygen atoms in total. The Morgan fingerprint density at radius 2 is 1.84 bits per heavy atom. The summed E-state index contributed by atoms with van der Waals surface area (Å²) < 4.78 is 7.22. The molecule has 0 spiro atoms. The normalized spacial score (nSPS) is 11.3. The van der Waals surface area contributed by atoms with Crippen LogP contribution in [0.5, 0.6) is 0 Å². The van der Waals surface area contributed by atoms with Gasteiger partial charge in [-0.15, -0.1) is 10.2 Å². The number of aromatic amines is 1. The highest BCUT2D eigenvalue weighted by molar-refractivity contribution is 5.80. The van der Waals surface area contributed by atoms with Crippen molar-refractivity contribution in [2.75, 3.05) is 0 Å². The van der Waals surface area contributed by atoms with E-state index >= 15 is 0 Å². The average Bonchev–Trinajstić information content (AvgIpc) is 3.48. The largest absolute Gasteiger partial charge is 0.456 e. The highest BCUT2D eigenvalue weighted by Gasteiger charge is 2.16. The lowest BCUT2D eigenvalue weighted by atomic mass is 9.98. The quantitative estimate of drug-likeness (QED) is 0.438. The third kappa shape index (κ3) is 3.49. The van der Waals surface area contributed by atoms with Gasteiger partial charge < -0.3 is 4.42 Å². The molecule has 5 aromatic rings. The van der Waals surface area contributed by atoms with E-state index in [9.17, 15) is 4.79 Å². The monoisotopic (exact) mass is 426 g/mol. The zero-order valence-electron chi connectivity index (χ0n) is 17.9. The maximum absolute atomic E-state index is 13.1. The minimum absolute atomic E-state index is 0.141. The first-order valence-corrected chi connectivity index (χ1v) is 10.6. The van der Waals surface area contributed by atoms with Crippen LogP contribution in [0, 0.1) is 6.92 Å². The van der Waals surface area contributed by atoms with Gasteiger partial charge in [-0.2, -0.15) is 5.21 Å². The van der Waals surface area contributed by atoms with E-state index in [1.54, 1.807) is 10.8 Å². The molecule has 0 saturated heterocycles. The maximum Gasteiger partial charge on any atom is 0.297 e. The Labute approximate surface area is 183 Å². The summed E-state index contributed by atoms with van der Waals surface area (Å²) in [4.78, 5) is 17.8. The number of H-pyrrole nitrogens is 1. The van der Waals surface area contributed by atoms with Gasteiger partial charge in [0.1, 0.15) is 11.3 Å². The van der Waals surface area contributed by atoms with Crippen molar-refractivity contribution >= 4 is 11.1 Å². The molecular weight excluding hydrogens is 404 g/mol. The van der Waals surface area contributed by atoms with Gasteiger partial charge >= 0.3 is 0 Å². The molecule has 5 rings (SSSR count). The van der Waals surface area contributed by atoms with Crippen LogP contribution in [-0.4, -0.2) is 30.2 Å². The van der Waals surface area contributed by atoms with Gasteiger partial charge in [0.2, 0.25) is 11.4 Å². The molecule has 0 radical (unpaired) electrons. The molecule has 0 amide bonds. The number of fused-ring (bicyclic) bond motifs is 1. The topological polar surface area (TPSA) is 102 Å². The van der Waals surface area contributed by atoms with E-state index in [0.717, 1.165) is 46.5 Å². The summed E-state index contributed by atoms with van der Waals surface area (Å²) in [6.07, 6.45) is 3.22. The van der Waals surface area contributed by atoms with Crippen LogP contribution in [0.1, 0.15) is 30.3 Å². The second-order valence-electron chi connectivity index (χ2n) is 7.74. The summed E-state index contributed by atoms with van der Waals surface area (Å²) in [5.41, 5.74) is 5.66. The van der Waals surface area contributed by atoms with E-state index in [0.29, 0.717) is 23.5 Å². The lowest BCUT2D eigenvalue weighted by Gasteiger charge is -2.13. The summed E-state index contributed by atoms with van der Waals surface area (Å²) in [6.45, 7) is 4.42. The SMILES string of the molecule is CCCc1nc2c(C)coc2c(=O)n1Cc1ccc(-c2ccccc2-c2nn[nH]n2)cc1. The van der Waals surface area contributed by atoms with Gasteiger partial charge in [-0.25, -0.2) is 4.98 Å². The fourth-order valence-electron chi connectivity index (χ4n) is 3.91. The number of tetrazole rings is 1. The van der Waals surface area contributed by atoms with Gasteiger partial charge in [-0.1, -0.05) is 55.5 Å². The molecule has 0 atom stereocenters. The Morgan fingerprint density at radius 3 is 2.56 bits per heavy atom. The van der Waals surface area contributed by atoms with E-state index in [1.165, 1.54) is 0 Å². The van der Waals surface area contributed by atoms with Crippen molar-refractivity contribution in [2.24, 2.45) is 0 Å². The van der Waals surface area contributed by atoms with Crippen LogP contribution < -0.4 is 5.56 Å². The van der Waals surface area contributed by atoms with E-state index in [2.05, 4.69) is 27.5 Å². The molecule has 0 bridgehead atoms. The number of furan rings is 1.